The molecule has 8 nitrogen and oxygen atoms in total. The number of ether oxygens (including phenoxy) is 2. The van der Waals surface area contributed by atoms with Crippen molar-refractivity contribution in [2.45, 2.75) is 0 Å². The molecule has 1 aromatic carbocycles. The normalized spacial score (nSPS) is 10.6. The summed E-state index contributed by atoms with van der Waals surface area (Å²) in [5.74, 6) is 1.96. The van der Waals surface area contributed by atoms with Gasteiger partial charge in [-0.1, -0.05) is 6.07 Å². The molecule has 3 rings (SSSR count). The van der Waals surface area contributed by atoms with Gasteiger partial charge in [0.2, 0.25) is 11.8 Å². The molecular formula is C13H13N5O3. The minimum atomic E-state index is 0.172. The van der Waals surface area contributed by atoms with Crippen LogP contribution in [0.25, 0.3) is 17.4 Å². The van der Waals surface area contributed by atoms with Crippen molar-refractivity contribution in [3.63, 3.8) is 0 Å². The highest BCUT2D eigenvalue weighted by Crippen LogP contribution is 2.36. The fourth-order valence-corrected chi connectivity index (χ4v) is 2.04. The highest BCUT2D eigenvalue weighted by Gasteiger charge is 2.22. The van der Waals surface area contributed by atoms with Crippen LogP contribution in [-0.2, 0) is 0 Å². The molecule has 21 heavy (non-hydrogen) atoms. The number of nitrogens with zero attached hydrogens (tertiary/aromatic N) is 4. The number of nitrogens with two attached hydrogens (primary N) is 1. The van der Waals surface area contributed by atoms with Crippen LogP contribution in [0.1, 0.15) is 0 Å². The molecule has 0 amide bonds. The predicted octanol–water partition coefficient (Wildman–Crippen LogP) is 1.52. The Morgan fingerprint density at radius 2 is 1.86 bits per heavy atom. The zero-order valence-corrected chi connectivity index (χ0v) is 11.5. The quantitative estimate of drug-likeness (QED) is 0.776. The Balaban J connectivity index is 2.29. The van der Waals surface area contributed by atoms with E-state index in [1.54, 1.807) is 30.9 Å². The van der Waals surface area contributed by atoms with Gasteiger partial charge >= 0.3 is 0 Å². The molecule has 0 unspecified atom stereocenters. The van der Waals surface area contributed by atoms with Crippen LogP contribution in [0, 0.1) is 0 Å². The SMILES string of the molecule is COc1cccc(OC)c1-n1c(N)nnc1-c1ncco1. The summed E-state index contributed by atoms with van der Waals surface area (Å²) in [6, 6.07) is 5.39. The summed E-state index contributed by atoms with van der Waals surface area (Å²) in [6.45, 7) is 0. The molecule has 108 valence electrons. The molecule has 0 aliphatic heterocycles. The first-order valence-electron chi connectivity index (χ1n) is 6.08. The Hall–Kier alpha value is -3.03. The minimum absolute atomic E-state index is 0.172. The van der Waals surface area contributed by atoms with Crippen LogP contribution >= 0.6 is 0 Å². The van der Waals surface area contributed by atoms with Crippen LogP contribution in [0.2, 0.25) is 0 Å². The molecule has 2 aromatic heterocycles. The third-order valence-corrected chi connectivity index (χ3v) is 2.94. The summed E-state index contributed by atoms with van der Waals surface area (Å²) in [4.78, 5) is 4.07. The number of oxazole rings is 1. The van der Waals surface area contributed by atoms with Crippen molar-refractivity contribution in [2.75, 3.05) is 20.0 Å². The van der Waals surface area contributed by atoms with Crippen molar-refractivity contribution in [3.05, 3.63) is 30.7 Å². The summed E-state index contributed by atoms with van der Waals surface area (Å²) >= 11 is 0. The first kappa shape index (κ1) is 13.0. The van der Waals surface area contributed by atoms with E-state index < -0.39 is 0 Å². The Bertz CT molecular complexity index is 729. The predicted molar refractivity (Wildman–Crippen MR) is 74.4 cm³/mol. The summed E-state index contributed by atoms with van der Waals surface area (Å²) < 4.78 is 17.6. The Labute approximate surface area is 120 Å². The third-order valence-electron chi connectivity index (χ3n) is 2.94. The lowest BCUT2D eigenvalue weighted by Crippen LogP contribution is -2.06. The third kappa shape index (κ3) is 2.06. The first-order chi connectivity index (χ1) is 10.3. The van der Waals surface area contributed by atoms with Crippen molar-refractivity contribution in [1.82, 2.24) is 19.7 Å². The Morgan fingerprint density at radius 3 is 2.43 bits per heavy atom. The number of benzene rings is 1. The van der Waals surface area contributed by atoms with Crippen molar-refractivity contribution in [2.24, 2.45) is 0 Å². The molecule has 0 spiro atoms. The van der Waals surface area contributed by atoms with Gasteiger partial charge in [-0.2, -0.15) is 0 Å². The van der Waals surface area contributed by atoms with E-state index in [2.05, 4.69) is 15.2 Å². The Morgan fingerprint density at radius 1 is 1.14 bits per heavy atom. The molecule has 3 aromatic rings. The number of aromatic nitrogens is 4. The maximum Gasteiger partial charge on any atom is 0.265 e. The van der Waals surface area contributed by atoms with Crippen molar-refractivity contribution >= 4 is 5.95 Å². The van der Waals surface area contributed by atoms with E-state index in [9.17, 15) is 0 Å². The Kier molecular flexibility index (Phi) is 3.19. The number of hydrogen-bond acceptors (Lipinski definition) is 7. The lowest BCUT2D eigenvalue weighted by atomic mass is 10.2. The highest BCUT2D eigenvalue weighted by molar-refractivity contribution is 5.64. The van der Waals surface area contributed by atoms with E-state index in [0.717, 1.165) is 0 Å². The van der Waals surface area contributed by atoms with Crippen molar-refractivity contribution in [1.29, 1.82) is 0 Å². The molecule has 0 saturated carbocycles. The summed E-state index contributed by atoms with van der Waals surface area (Å²) in [7, 11) is 3.12. The van der Waals surface area contributed by atoms with Gasteiger partial charge in [0.25, 0.3) is 5.89 Å². The van der Waals surface area contributed by atoms with Crippen LogP contribution in [0.4, 0.5) is 5.95 Å². The molecule has 0 bridgehead atoms. The van der Waals surface area contributed by atoms with Gasteiger partial charge in [-0.25, -0.2) is 4.98 Å². The van der Waals surface area contributed by atoms with Gasteiger partial charge in [0.05, 0.1) is 20.4 Å². The van der Waals surface area contributed by atoms with E-state index >= 15 is 0 Å². The number of rotatable bonds is 4. The van der Waals surface area contributed by atoms with Gasteiger partial charge < -0.3 is 19.6 Å². The molecule has 8 heteroatoms. The first-order valence-corrected chi connectivity index (χ1v) is 6.08. The number of anilines is 1. The number of hydrogen-bond donors (Lipinski definition) is 1. The van der Waals surface area contributed by atoms with E-state index in [1.165, 1.54) is 12.5 Å². The highest BCUT2D eigenvalue weighted by atomic mass is 16.5. The van der Waals surface area contributed by atoms with Gasteiger partial charge in [0.15, 0.2) is 0 Å². The topological polar surface area (TPSA) is 101 Å². The average molecular weight is 287 g/mol. The molecule has 0 saturated heterocycles. The number of para-hydroxylation sites is 1. The smallest absolute Gasteiger partial charge is 0.265 e. The maximum absolute atomic E-state index is 5.94. The van der Waals surface area contributed by atoms with E-state index in [-0.39, 0.29) is 5.95 Å². The molecule has 2 heterocycles. The molecule has 0 atom stereocenters. The molecule has 2 N–H and O–H groups in total. The molecule has 0 aliphatic rings. The van der Waals surface area contributed by atoms with E-state index in [4.69, 9.17) is 19.6 Å². The minimum Gasteiger partial charge on any atom is -0.494 e. The summed E-state index contributed by atoms with van der Waals surface area (Å²) in [6.07, 6.45) is 2.97. The second-order valence-electron chi connectivity index (χ2n) is 4.07. The van der Waals surface area contributed by atoms with Crippen LogP contribution in [-0.4, -0.2) is 34.0 Å². The summed E-state index contributed by atoms with van der Waals surface area (Å²) in [5.41, 5.74) is 6.52. The standard InChI is InChI=1S/C13H13N5O3/c1-19-8-4-3-5-9(20-2)10(8)18-11(16-17-13(18)14)12-15-6-7-21-12/h3-7H,1-2H3,(H2,14,17). The second kappa shape index (κ2) is 5.16. The molecule has 0 aliphatic carbocycles. The van der Waals surface area contributed by atoms with Crippen LogP contribution in [0.3, 0.4) is 0 Å². The van der Waals surface area contributed by atoms with Gasteiger partial charge in [0.1, 0.15) is 23.4 Å². The fraction of sp³-hybridized carbons (Fsp3) is 0.154. The van der Waals surface area contributed by atoms with Crippen LogP contribution in [0.15, 0.2) is 35.1 Å². The molecular weight excluding hydrogens is 274 g/mol. The van der Waals surface area contributed by atoms with E-state index in [0.29, 0.717) is 28.9 Å². The largest absolute Gasteiger partial charge is 0.494 e. The molecule has 0 fully saturated rings. The monoisotopic (exact) mass is 287 g/mol. The zero-order chi connectivity index (χ0) is 14.8. The van der Waals surface area contributed by atoms with Crippen molar-refractivity contribution < 1.29 is 13.9 Å². The van der Waals surface area contributed by atoms with Crippen LogP contribution < -0.4 is 15.2 Å². The average Bonchev–Trinajstić information content (AvgIpc) is 3.15. The lowest BCUT2D eigenvalue weighted by molar-refractivity contribution is 0.391. The number of nitrogen functional groups attached to an aromatic ring is 1. The molecule has 0 radical (unpaired) electrons. The number of methoxy groups -OCH3 is 2. The van der Waals surface area contributed by atoms with Crippen LogP contribution in [0.5, 0.6) is 11.5 Å². The van der Waals surface area contributed by atoms with Crippen molar-refractivity contribution in [3.8, 4) is 28.9 Å². The van der Waals surface area contributed by atoms with Gasteiger partial charge in [-0.3, -0.25) is 4.57 Å². The van der Waals surface area contributed by atoms with Gasteiger partial charge in [-0.15, -0.1) is 10.2 Å². The summed E-state index contributed by atoms with van der Waals surface area (Å²) in [5, 5.41) is 7.89. The fourth-order valence-electron chi connectivity index (χ4n) is 2.04. The maximum atomic E-state index is 5.94. The zero-order valence-electron chi connectivity index (χ0n) is 11.5. The van der Waals surface area contributed by atoms with Gasteiger partial charge in [0, 0.05) is 0 Å². The van der Waals surface area contributed by atoms with E-state index in [1.807, 2.05) is 6.07 Å². The van der Waals surface area contributed by atoms with Gasteiger partial charge in [-0.05, 0) is 12.1 Å². The lowest BCUT2D eigenvalue weighted by Gasteiger charge is -2.15. The second-order valence-corrected chi connectivity index (χ2v) is 4.07.